The third kappa shape index (κ3) is 1.86. The Hall–Kier alpha value is -0.960. The van der Waals surface area contributed by atoms with Crippen molar-refractivity contribution >= 4 is 17.1 Å². The molecule has 92 valence electrons. The number of benzene rings is 1. The number of rotatable bonds is 2. The molecule has 3 heteroatoms. The van der Waals surface area contributed by atoms with Crippen LogP contribution in [0.25, 0.3) is 0 Å². The smallest absolute Gasteiger partial charge is 0.373 e. The Balaban J connectivity index is 2.64. The Morgan fingerprint density at radius 3 is 2.29 bits per heavy atom. The number of ether oxygens (including phenoxy) is 1. The van der Waals surface area contributed by atoms with Crippen LogP contribution in [0.4, 0.5) is 4.79 Å². The molecule has 0 atom stereocenters. The summed E-state index contributed by atoms with van der Waals surface area (Å²) in [6.45, 7) is 8.44. The van der Waals surface area contributed by atoms with Gasteiger partial charge in [0, 0.05) is 10.5 Å². The molecule has 1 aromatic rings. The second-order valence-corrected chi connectivity index (χ2v) is 6.03. The fourth-order valence-electron chi connectivity index (χ4n) is 2.71. The summed E-state index contributed by atoms with van der Waals surface area (Å²) in [4.78, 5) is 12.8. The van der Waals surface area contributed by atoms with E-state index < -0.39 is 5.60 Å². The molecule has 0 bridgehead atoms. The van der Waals surface area contributed by atoms with Crippen molar-refractivity contribution in [1.82, 2.24) is 0 Å². The molecule has 0 aliphatic carbocycles. The number of thioether (sulfide) groups is 1. The van der Waals surface area contributed by atoms with Gasteiger partial charge in [-0.1, -0.05) is 45.9 Å². The van der Waals surface area contributed by atoms with Crippen LogP contribution >= 0.6 is 11.8 Å². The van der Waals surface area contributed by atoms with Crippen molar-refractivity contribution in [2.45, 2.75) is 38.2 Å². The van der Waals surface area contributed by atoms with Gasteiger partial charge < -0.3 is 4.74 Å². The molecule has 0 unspecified atom stereocenters. The Labute approximate surface area is 107 Å². The first-order chi connectivity index (χ1) is 7.98. The molecule has 1 heterocycles. The molecule has 2 nitrogen and oxygen atoms in total. The highest BCUT2D eigenvalue weighted by Crippen LogP contribution is 2.49. The van der Waals surface area contributed by atoms with E-state index in [4.69, 9.17) is 4.74 Å². The Kier molecular flexibility index (Phi) is 3.21. The third-order valence-corrected chi connectivity index (χ3v) is 4.29. The predicted octanol–water partition coefficient (Wildman–Crippen LogP) is 4.44. The van der Waals surface area contributed by atoms with Crippen molar-refractivity contribution in [2.24, 2.45) is 11.8 Å². The molecule has 1 aliphatic heterocycles. The Bertz CT molecular complexity index is 430. The molecule has 2 rings (SSSR count). The maximum Gasteiger partial charge on any atom is 0.373 e. The lowest BCUT2D eigenvalue weighted by Gasteiger charge is -2.44. The standard InChI is InChI=1S/C14H18O2S/c1-9(2)14(10(3)4)11-7-5-6-8-12(11)17-13(15)16-14/h5-10H,1-4H3. The number of hydrogen-bond acceptors (Lipinski definition) is 3. The zero-order valence-electron chi connectivity index (χ0n) is 10.7. The van der Waals surface area contributed by atoms with Gasteiger partial charge in [0.05, 0.1) is 0 Å². The van der Waals surface area contributed by atoms with Crippen molar-refractivity contribution < 1.29 is 9.53 Å². The van der Waals surface area contributed by atoms with E-state index in [0.717, 1.165) is 10.5 Å². The molecule has 0 radical (unpaired) electrons. The highest BCUT2D eigenvalue weighted by molar-refractivity contribution is 8.13. The van der Waals surface area contributed by atoms with Crippen molar-refractivity contribution in [3.05, 3.63) is 29.8 Å². The molecular formula is C14H18O2S. The SMILES string of the molecule is CC(C)C1(C(C)C)OC(=O)Sc2ccccc21. The van der Waals surface area contributed by atoms with E-state index in [1.807, 2.05) is 18.2 Å². The van der Waals surface area contributed by atoms with Crippen LogP contribution in [0.3, 0.4) is 0 Å². The van der Waals surface area contributed by atoms with Crippen LogP contribution in [0.2, 0.25) is 0 Å². The van der Waals surface area contributed by atoms with E-state index in [9.17, 15) is 4.79 Å². The van der Waals surface area contributed by atoms with E-state index in [1.165, 1.54) is 11.8 Å². The Morgan fingerprint density at radius 1 is 1.12 bits per heavy atom. The molecule has 0 saturated heterocycles. The molecule has 1 aliphatic rings. The van der Waals surface area contributed by atoms with Crippen molar-refractivity contribution in [3.63, 3.8) is 0 Å². The van der Waals surface area contributed by atoms with Crippen LogP contribution in [0.5, 0.6) is 0 Å². The zero-order chi connectivity index (χ0) is 12.6. The minimum Gasteiger partial charge on any atom is -0.445 e. The van der Waals surface area contributed by atoms with E-state index in [2.05, 4.69) is 33.8 Å². The summed E-state index contributed by atoms with van der Waals surface area (Å²) < 4.78 is 5.75. The molecular weight excluding hydrogens is 232 g/mol. The molecule has 1 aromatic carbocycles. The predicted molar refractivity (Wildman–Crippen MR) is 70.1 cm³/mol. The van der Waals surface area contributed by atoms with Crippen molar-refractivity contribution in [3.8, 4) is 0 Å². The van der Waals surface area contributed by atoms with Crippen LogP contribution in [0, 0.1) is 11.8 Å². The van der Waals surface area contributed by atoms with Gasteiger partial charge in [0.25, 0.3) is 0 Å². The van der Waals surface area contributed by atoms with Gasteiger partial charge in [-0.15, -0.1) is 0 Å². The highest BCUT2D eigenvalue weighted by Gasteiger charge is 2.47. The van der Waals surface area contributed by atoms with E-state index in [-0.39, 0.29) is 17.1 Å². The lowest BCUT2D eigenvalue weighted by atomic mass is 9.75. The quantitative estimate of drug-likeness (QED) is 0.726. The van der Waals surface area contributed by atoms with Gasteiger partial charge in [-0.05, 0) is 29.7 Å². The largest absolute Gasteiger partial charge is 0.445 e. The summed E-state index contributed by atoms with van der Waals surface area (Å²) in [5.41, 5.74) is 0.661. The lowest BCUT2D eigenvalue weighted by molar-refractivity contribution is -0.0582. The number of cyclic esters (lactones) is 1. The molecule has 0 fully saturated rings. The first kappa shape index (κ1) is 12.5. The average Bonchev–Trinajstić information content (AvgIpc) is 2.26. The summed E-state index contributed by atoms with van der Waals surface area (Å²) in [5, 5.41) is -0.189. The van der Waals surface area contributed by atoms with Gasteiger partial charge >= 0.3 is 5.30 Å². The summed E-state index contributed by atoms with van der Waals surface area (Å²) in [5.74, 6) is 0.516. The maximum absolute atomic E-state index is 11.8. The second kappa shape index (κ2) is 4.37. The summed E-state index contributed by atoms with van der Waals surface area (Å²) >= 11 is 1.19. The first-order valence-corrected chi connectivity index (χ1v) is 6.80. The van der Waals surface area contributed by atoms with Gasteiger partial charge in [0.2, 0.25) is 0 Å². The Morgan fingerprint density at radius 2 is 1.71 bits per heavy atom. The van der Waals surface area contributed by atoms with Gasteiger partial charge in [-0.3, -0.25) is 0 Å². The summed E-state index contributed by atoms with van der Waals surface area (Å²) in [7, 11) is 0. The second-order valence-electron chi connectivity index (χ2n) is 5.05. The monoisotopic (exact) mass is 250 g/mol. The molecule has 0 spiro atoms. The van der Waals surface area contributed by atoms with Crippen LogP contribution in [-0.2, 0) is 10.3 Å². The van der Waals surface area contributed by atoms with E-state index in [1.54, 1.807) is 0 Å². The normalized spacial score (nSPS) is 18.1. The fourth-order valence-corrected chi connectivity index (χ4v) is 3.55. The highest BCUT2D eigenvalue weighted by atomic mass is 32.2. The molecule has 0 aromatic heterocycles. The molecule has 17 heavy (non-hydrogen) atoms. The van der Waals surface area contributed by atoms with Gasteiger partial charge in [-0.2, -0.15) is 0 Å². The molecule has 0 saturated carbocycles. The lowest BCUT2D eigenvalue weighted by Crippen LogP contribution is -2.44. The zero-order valence-corrected chi connectivity index (χ0v) is 11.5. The maximum atomic E-state index is 11.8. The first-order valence-electron chi connectivity index (χ1n) is 5.98. The van der Waals surface area contributed by atoms with Gasteiger partial charge in [-0.25, -0.2) is 4.79 Å². The van der Waals surface area contributed by atoms with Gasteiger partial charge in [0.15, 0.2) is 0 Å². The topological polar surface area (TPSA) is 26.3 Å². The summed E-state index contributed by atoms with van der Waals surface area (Å²) in [6.07, 6.45) is 0. The van der Waals surface area contributed by atoms with E-state index in [0.29, 0.717) is 0 Å². The van der Waals surface area contributed by atoms with Crippen LogP contribution in [-0.4, -0.2) is 5.30 Å². The van der Waals surface area contributed by atoms with Crippen LogP contribution < -0.4 is 0 Å². The van der Waals surface area contributed by atoms with Crippen molar-refractivity contribution in [2.75, 3.05) is 0 Å². The van der Waals surface area contributed by atoms with Crippen LogP contribution in [0.15, 0.2) is 29.2 Å². The third-order valence-electron chi connectivity index (χ3n) is 3.47. The molecule has 0 N–H and O–H groups in total. The van der Waals surface area contributed by atoms with Crippen molar-refractivity contribution in [1.29, 1.82) is 0 Å². The number of carbonyl (C=O) groups excluding carboxylic acids is 1. The number of hydrogen-bond donors (Lipinski definition) is 0. The van der Waals surface area contributed by atoms with Crippen LogP contribution in [0.1, 0.15) is 33.3 Å². The molecule has 0 amide bonds. The van der Waals surface area contributed by atoms with Gasteiger partial charge in [0.1, 0.15) is 5.60 Å². The minimum atomic E-state index is -0.487. The minimum absolute atomic E-state index is 0.189. The number of fused-ring (bicyclic) bond motifs is 1. The average molecular weight is 250 g/mol. The summed E-state index contributed by atoms with van der Waals surface area (Å²) in [6, 6.07) is 8.06. The fraction of sp³-hybridized carbons (Fsp3) is 0.500. The number of carbonyl (C=O) groups is 1. The van der Waals surface area contributed by atoms with E-state index >= 15 is 0 Å².